The Labute approximate surface area is 122 Å². The van der Waals surface area contributed by atoms with Crippen molar-refractivity contribution in [3.63, 3.8) is 0 Å². The molecule has 110 valence electrons. The number of aliphatic hydroxyl groups excluding tert-OH is 1. The molecular formula is C16H16O5. The molecule has 2 aromatic carbocycles. The molecule has 0 fully saturated rings. The first-order valence-corrected chi connectivity index (χ1v) is 6.37. The van der Waals surface area contributed by atoms with E-state index in [2.05, 4.69) is 0 Å². The van der Waals surface area contributed by atoms with Gasteiger partial charge in [0.25, 0.3) is 0 Å². The van der Waals surface area contributed by atoms with Crippen molar-refractivity contribution in [2.24, 2.45) is 0 Å². The first kappa shape index (κ1) is 14.9. The van der Waals surface area contributed by atoms with Crippen molar-refractivity contribution < 1.29 is 24.5 Å². The molecular weight excluding hydrogens is 272 g/mol. The smallest absolute Gasteiger partial charge is 0.339 e. The fourth-order valence-electron chi connectivity index (χ4n) is 1.83. The molecule has 0 heterocycles. The maximum absolute atomic E-state index is 11.2. The zero-order valence-electron chi connectivity index (χ0n) is 11.6. The van der Waals surface area contributed by atoms with Gasteiger partial charge in [0, 0.05) is 6.07 Å². The maximum atomic E-state index is 11.2. The van der Waals surface area contributed by atoms with Crippen molar-refractivity contribution in [1.82, 2.24) is 0 Å². The van der Waals surface area contributed by atoms with E-state index in [1.807, 2.05) is 12.1 Å². The molecule has 0 atom stereocenters. The third-order valence-electron chi connectivity index (χ3n) is 3.02. The number of benzene rings is 2. The first-order chi connectivity index (χ1) is 10.1. The van der Waals surface area contributed by atoms with Crippen LogP contribution in [0.25, 0.3) is 0 Å². The lowest BCUT2D eigenvalue weighted by Gasteiger charge is -2.11. The molecule has 0 aliphatic carbocycles. The molecule has 0 bridgehead atoms. The van der Waals surface area contributed by atoms with Crippen LogP contribution < -0.4 is 9.47 Å². The summed E-state index contributed by atoms with van der Waals surface area (Å²) in [6.07, 6.45) is 0. The van der Waals surface area contributed by atoms with E-state index < -0.39 is 5.97 Å². The van der Waals surface area contributed by atoms with Crippen LogP contribution in [0.15, 0.2) is 42.5 Å². The van der Waals surface area contributed by atoms with Crippen LogP contribution in [0.1, 0.15) is 21.5 Å². The molecule has 0 radical (unpaired) electrons. The SMILES string of the molecule is COc1ccc(C(=O)O)c(OCc2ccc(CO)cc2)c1. The highest BCUT2D eigenvalue weighted by Crippen LogP contribution is 2.25. The highest BCUT2D eigenvalue weighted by Gasteiger charge is 2.12. The van der Waals surface area contributed by atoms with Crippen LogP contribution in [0.3, 0.4) is 0 Å². The fraction of sp³-hybridized carbons (Fsp3) is 0.188. The largest absolute Gasteiger partial charge is 0.497 e. The summed E-state index contributed by atoms with van der Waals surface area (Å²) in [5, 5.41) is 18.1. The second-order valence-corrected chi connectivity index (χ2v) is 4.43. The van der Waals surface area contributed by atoms with E-state index in [4.69, 9.17) is 19.7 Å². The van der Waals surface area contributed by atoms with Crippen LogP contribution in [-0.4, -0.2) is 23.3 Å². The number of carbonyl (C=O) groups is 1. The highest BCUT2D eigenvalue weighted by atomic mass is 16.5. The van der Waals surface area contributed by atoms with E-state index in [9.17, 15) is 4.79 Å². The van der Waals surface area contributed by atoms with E-state index in [1.165, 1.54) is 13.2 Å². The van der Waals surface area contributed by atoms with Crippen LogP contribution in [-0.2, 0) is 13.2 Å². The minimum atomic E-state index is -1.05. The molecule has 0 aliphatic rings. The van der Waals surface area contributed by atoms with Gasteiger partial charge in [-0.3, -0.25) is 0 Å². The molecule has 0 saturated heterocycles. The first-order valence-electron chi connectivity index (χ1n) is 6.37. The third kappa shape index (κ3) is 3.73. The predicted octanol–water partition coefficient (Wildman–Crippen LogP) is 2.46. The van der Waals surface area contributed by atoms with E-state index in [-0.39, 0.29) is 24.5 Å². The van der Waals surface area contributed by atoms with Gasteiger partial charge >= 0.3 is 5.97 Å². The summed E-state index contributed by atoms with van der Waals surface area (Å²) >= 11 is 0. The van der Waals surface area contributed by atoms with Crippen molar-refractivity contribution in [3.8, 4) is 11.5 Å². The number of aliphatic hydroxyl groups is 1. The van der Waals surface area contributed by atoms with E-state index >= 15 is 0 Å². The summed E-state index contributed by atoms with van der Waals surface area (Å²) < 4.78 is 10.6. The average molecular weight is 288 g/mol. The molecule has 0 aromatic heterocycles. The Balaban J connectivity index is 2.15. The van der Waals surface area contributed by atoms with Gasteiger partial charge in [-0.1, -0.05) is 24.3 Å². The summed E-state index contributed by atoms with van der Waals surface area (Å²) in [6, 6.07) is 11.8. The zero-order valence-corrected chi connectivity index (χ0v) is 11.6. The van der Waals surface area contributed by atoms with E-state index in [0.29, 0.717) is 5.75 Å². The van der Waals surface area contributed by atoms with Gasteiger partial charge in [-0.25, -0.2) is 4.79 Å². The Hall–Kier alpha value is -2.53. The third-order valence-corrected chi connectivity index (χ3v) is 3.02. The Morgan fingerprint density at radius 3 is 2.33 bits per heavy atom. The molecule has 0 saturated carbocycles. The molecule has 0 spiro atoms. The lowest BCUT2D eigenvalue weighted by atomic mass is 10.1. The molecule has 5 nitrogen and oxygen atoms in total. The van der Waals surface area contributed by atoms with Gasteiger partial charge in [0.15, 0.2) is 0 Å². The number of rotatable bonds is 6. The number of carboxylic acids is 1. The van der Waals surface area contributed by atoms with Gasteiger partial charge in [-0.15, -0.1) is 0 Å². The van der Waals surface area contributed by atoms with Crippen LogP contribution >= 0.6 is 0 Å². The van der Waals surface area contributed by atoms with Crippen molar-refractivity contribution in [1.29, 1.82) is 0 Å². The van der Waals surface area contributed by atoms with E-state index in [1.54, 1.807) is 24.3 Å². The number of carboxylic acid groups (broad SMARTS) is 1. The number of ether oxygens (including phenoxy) is 2. The van der Waals surface area contributed by atoms with Gasteiger partial charge < -0.3 is 19.7 Å². The molecule has 5 heteroatoms. The molecule has 21 heavy (non-hydrogen) atoms. The maximum Gasteiger partial charge on any atom is 0.339 e. The van der Waals surface area contributed by atoms with Gasteiger partial charge in [-0.2, -0.15) is 0 Å². The quantitative estimate of drug-likeness (QED) is 0.854. The van der Waals surface area contributed by atoms with Crippen LogP contribution in [0.4, 0.5) is 0 Å². The minimum Gasteiger partial charge on any atom is -0.497 e. The Morgan fingerprint density at radius 2 is 1.76 bits per heavy atom. The van der Waals surface area contributed by atoms with Crippen LogP contribution in [0.5, 0.6) is 11.5 Å². The van der Waals surface area contributed by atoms with Crippen LogP contribution in [0, 0.1) is 0 Å². The second kappa shape index (κ2) is 6.76. The average Bonchev–Trinajstić information content (AvgIpc) is 2.52. The minimum absolute atomic E-state index is 0.0137. The summed E-state index contributed by atoms with van der Waals surface area (Å²) in [5.41, 5.74) is 1.78. The standard InChI is InChI=1S/C16H16O5/c1-20-13-6-7-14(16(18)19)15(8-13)21-10-12-4-2-11(9-17)3-5-12/h2-8,17H,9-10H2,1H3,(H,18,19). The van der Waals surface area contributed by atoms with Gasteiger partial charge in [-0.05, 0) is 23.3 Å². The van der Waals surface area contributed by atoms with Crippen molar-refractivity contribution in [2.45, 2.75) is 13.2 Å². The van der Waals surface area contributed by atoms with E-state index in [0.717, 1.165) is 11.1 Å². The Kier molecular flexibility index (Phi) is 4.79. The number of hydrogen-bond acceptors (Lipinski definition) is 4. The molecule has 2 rings (SSSR count). The van der Waals surface area contributed by atoms with Crippen molar-refractivity contribution >= 4 is 5.97 Å². The van der Waals surface area contributed by atoms with Gasteiger partial charge in [0.2, 0.25) is 0 Å². The topological polar surface area (TPSA) is 76.0 Å². The Morgan fingerprint density at radius 1 is 1.10 bits per heavy atom. The molecule has 0 amide bonds. The van der Waals surface area contributed by atoms with Crippen molar-refractivity contribution in [3.05, 3.63) is 59.2 Å². The number of methoxy groups -OCH3 is 1. The summed E-state index contributed by atoms with van der Waals surface area (Å²) in [6.45, 7) is 0.222. The highest BCUT2D eigenvalue weighted by molar-refractivity contribution is 5.91. The summed E-state index contributed by atoms with van der Waals surface area (Å²) in [4.78, 5) is 11.2. The molecule has 0 aliphatic heterocycles. The second-order valence-electron chi connectivity index (χ2n) is 4.43. The van der Waals surface area contributed by atoms with Gasteiger partial charge in [0.1, 0.15) is 23.7 Å². The molecule has 2 N–H and O–H groups in total. The Bertz CT molecular complexity index is 619. The number of hydrogen-bond donors (Lipinski definition) is 2. The summed E-state index contributed by atoms with van der Waals surface area (Å²) in [5.74, 6) is -0.262. The normalized spacial score (nSPS) is 10.2. The fourth-order valence-corrected chi connectivity index (χ4v) is 1.83. The molecule has 0 unspecified atom stereocenters. The lowest BCUT2D eigenvalue weighted by molar-refractivity contribution is 0.0691. The van der Waals surface area contributed by atoms with Crippen molar-refractivity contribution in [2.75, 3.05) is 7.11 Å². The summed E-state index contributed by atoms with van der Waals surface area (Å²) in [7, 11) is 1.51. The predicted molar refractivity (Wildman–Crippen MR) is 76.7 cm³/mol. The number of aromatic carboxylic acids is 1. The van der Waals surface area contributed by atoms with Crippen LogP contribution in [0.2, 0.25) is 0 Å². The monoisotopic (exact) mass is 288 g/mol. The van der Waals surface area contributed by atoms with Gasteiger partial charge in [0.05, 0.1) is 13.7 Å². The lowest BCUT2D eigenvalue weighted by Crippen LogP contribution is -2.04. The molecule has 2 aromatic rings. The zero-order chi connectivity index (χ0) is 15.2.